The van der Waals surface area contributed by atoms with Gasteiger partial charge < -0.3 is 15.8 Å². The van der Waals surface area contributed by atoms with Crippen molar-refractivity contribution in [3.63, 3.8) is 0 Å². The number of hydrogen-bond donors (Lipinski definition) is 2. The summed E-state index contributed by atoms with van der Waals surface area (Å²) in [6.45, 7) is 4.81. The number of aryl methyl sites for hydroxylation is 2. The van der Waals surface area contributed by atoms with Gasteiger partial charge in [-0.3, -0.25) is 9.67 Å². The maximum absolute atomic E-state index is 5.94. The molecule has 0 unspecified atom stereocenters. The molecule has 0 radical (unpaired) electrons. The number of benzene rings is 1. The van der Waals surface area contributed by atoms with Gasteiger partial charge in [0.05, 0.1) is 18.5 Å². The normalized spacial score (nSPS) is 11.1. The SMILES string of the molecule is COc1ccccc1NC(N)=NCCCc1c(C)nn(C)c1C.I. The zero-order valence-electron chi connectivity index (χ0n) is 14.7. The van der Waals surface area contributed by atoms with Gasteiger partial charge in [0.2, 0.25) is 0 Å². The third-order valence-electron chi connectivity index (χ3n) is 3.90. The van der Waals surface area contributed by atoms with Gasteiger partial charge in [0.15, 0.2) is 5.96 Å². The first-order valence-corrected chi connectivity index (χ1v) is 7.72. The highest BCUT2D eigenvalue weighted by Crippen LogP contribution is 2.22. The Kier molecular flexibility index (Phi) is 8.03. The second-order valence-electron chi connectivity index (χ2n) is 5.47. The summed E-state index contributed by atoms with van der Waals surface area (Å²) < 4.78 is 7.20. The Balaban J connectivity index is 0.00000288. The number of hydrogen-bond acceptors (Lipinski definition) is 3. The number of ether oxygens (including phenoxy) is 1. The summed E-state index contributed by atoms with van der Waals surface area (Å²) in [6, 6.07) is 7.62. The van der Waals surface area contributed by atoms with Gasteiger partial charge in [0.1, 0.15) is 5.75 Å². The lowest BCUT2D eigenvalue weighted by atomic mass is 10.1. The molecule has 132 valence electrons. The zero-order chi connectivity index (χ0) is 16.8. The molecule has 1 aromatic heterocycles. The number of nitrogens with zero attached hydrogens (tertiary/aromatic N) is 3. The van der Waals surface area contributed by atoms with E-state index in [1.807, 2.05) is 42.9 Å². The van der Waals surface area contributed by atoms with Crippen LogP contribution in [0.15, 0.2) is 29.3 Å². The fraction of sp³-hybridized carbons (Fsp3) is 0.412. The van der Waals surface area contributed by atoms with Crippen LogP contribution in [0.5, 0.6) is 5.75 Å². The van der Waals surface area contributed by atoms with Crippen molar-refractivity contribution < 1.29 is 4.74 Å². The first kappa shape index (κ1) is 20.3. The number of anilines is 1. The van der Waals surface area contributed by atoms with E-state index in [1.54, 1.807) is 7.11 Å². The molecular formula is C17H26IN5O. The minimum atomic E-state index is 0. The van der Waals surface area contributed by atoms with Gasteiger partial charge in [-0.1, -0.05) is 12.1 Å². The van der Waals surface area contributed by atoms with Crippen molar-refractivity contribution in [3.8, 4) is 5.75 Å². The second-order valence-corrected chi connectivity index (χ2v) is 5.47. The van der Waals surface area contributed by atoms with Crippen LogP contribution < -0.4 is 15.8 Å². The molecule has 0 bridgehead atoms. The summed E-state index contributed by atoms with van der Waals surface area (Å²) >= 11 is 0. The van der Waals surface area contributed by atoms with Crippen LogP contribution in [0.25, 0.3) is 0 Å². The van der Waals surface area contributed by atoms with E-state index >= 15 is 0 Å². The predicted octanol–water partition coefficient (Wildman–Crippen LogP) is 3.02. The highest BCUT2D eigenvalue weighted by molar-refractivity contribution is 14.0. The van der Waals surface area contributed by atoms with Crippen LogP contribution in [0.1, 0.15) is 23.4 Å². The van der Waals surface area contributed by atoms with E-state index in [0.29, 0.717) is 12.5 Å². The first-order valence-electron chi connectivity index (χ1n) is 7.72. The Morgan fingerprint density at radius 1 is 1.33 bits per heavy atom. The van der Waals surface area contributed by atoms with E-state index in [1.165, 1.54) is 11.3 Å². The lowest BCUT2D eigenvalue weighted by Gasteiger charge is -2.10. The molecule has 0 saturated carbocycles. The van der Waals surface area contributed by atoms with E-state index in [2.05, 4.69) is 22.3 Å². The topological polar surface area (TPSA) is 77.5 Å². The molecule has 0 aliphatic heterocycles. The maximum Gasteiger partial charge on any atom is 0.193 e. The fourth-order valence-corrected chi connectivity index (χ4v) is 2.56. The molecule has 0 aliphatic carbocycles. The molecule has 1 aromatic carbocycles. The number of halogens is 1. The highest BCUT2D eigenvalue weighted by atomic mass is 127. The number of nitrogens with one attached hydrogen (secondary N) is 1. The minimum Gasteiger partial charge on any atom is -0.495 e. The molecule has 0 amide bonds. The highest BCUT2D eigenvalue weighted by Gasteiger charge is 2.08. The maximum atomic E-state index is 5.94. The van der Waals surface area contributed by atoms with E-state index < -0.39 is 0 Å². The molecule has 3 N–H and O–H groups in total. The summed E-state index contributed by atoms with van der Waals surface area (Å²) in [4.78, 5) is 4.38. The number of aliphatic imine (C=N–C) groups is 1. The van der Waals surface area contributed by atoms with Crippen LogP contribution in [0.4, 0.5) is 5.69 Å². The van der Waals surface area contributed by atoms with Crippen molar-refractivity contribution in [2.24, 2.45) is 17.8 Å². The molecule has 0 saturated heterocycles. The third-order valence-corrected chi connectivity index (χ3v) is 3.90. The van der Waals surface area contributed by atoms with Gasteiger partial charge in [0, 0.05) is 19.3 Å². The van der Waals surface area contributed by atoms with Crippen LogP contribution in [-0.4, -0.2) is 29.4 Å². The van der Waals surface area contributed by atoms with Crippen molar-refractivity contribution in [1.82, 2.24) is 9.78 Å². The largest absolute Gasteiger partial charge is 0.495 e. The molecule has 0 fully saturated rings. The zero-order valence-corrected chi connectivity index (χ0v) is 17.0. The van der Waals surface area contributed by atoms with Crippen molar-refractivity contribution in [3.05, 3.63) is 41.2 Å². The average Bonchev–Trinajstić information content (AvgIpc) is 2.77. The molecular weight excluding hydrogens is 417 g/mol. The van der Waals surface area contributed by atoms with E-state index in [9.17, 15) is 0 Å². The predicted molar refractivity (Wildman–Crippen MR) is 110 cm³/mol. The van der Waals surface area contributed by atoms with Gasteiger partial charge in [-0.05, 0) is 44.4 Å². The molecule has 0 aliphatic rings. The fourth-order valence-electron chi connectivity index (χ4n) is 2.56. The first-order chi connectivity index (χ1) is 11.0. The molecule has 1 heterocycles. The Morgan fingerprint density at radius 2 is 2.04 bits per heavy atom. The van der Waals surface area contributed by atoms with Crippen LogP contribution in [0.3, 0.4) is 0 Å². The second kappa shape index (κ2) is 9.51. The molecule has 7 heteroatoms. The van der Waals surface area contributed by atoms with Crippen molar-refractivity contribution in [2.45, 2.75) is 26.7 Å². The van der Waals surface area contributed by atoms with Crippen molar-refractivity contribution >= 4 is 35.6 Å². The Hall–Kier alpha value is -1.77. The number of para-hydroxylation sites is 2. The lowest BCUT2D eigenvalue weighted by Crippen LogP contribution is -2.23. The van der Waals surface area contributed by atoms with Gasteiger partial charge >= 0.3 is 0 Å². The standard InChI is InChI=1S/C17H25N5O.HI/c1-12-14(13(2)22(3)21-12)8-7-11-19-17(18)20-15-9-5-6-10-16(15)23-4;/h5-6,9-10H,7-8,11H2,1-4H3,(H3,18,19,20);1H. The number of methoxy groups -OCH3 is 1. The number of aromatic nitrogens is 2. The van der Waals surface area contributed by atoms with Crippen molar-refractivity contribution in [1.29, 1.82) is 0 Å². The molecule has 2 aromatic rings. The molecule has 0 spiro atoms. The average molecular weight is 443 g/mol. The van der Waals surface area contributed by atoms with Crippen LogP contribution in [-0.2, 0) is 13.5 Å². The number of guanidine groups is 1. The summed E-state index contributed by atoms with van der Waals surface area (Å²) in [5, 5.41) is 7.50. The van der Waals surface area contributed by atoms with Gasteiger partial charge in [-0.2, -0.15) is 5.10 Å². The van der Waals surface area contributed by atoms with E-state index in [4.69, 9.17) is 10.5 Å². The van der Waals surface area contributed by atoms with Crippen LogP contribution in [0, 0.1) is 13.8 Å². The summed E-state index contributed by atoms with van der Waals surface area (Å²) in [6.07, 6.45) is 1.89. The van der Waals surface area contributed by atoms with Crippen molar-refractivity contribution in [2.75, 3.05) is 19.0 Å². The Labute approximate surface area is 160 Å². The third kappa shape index (κ3) is 5.12. The quantitative estimate of drug-likeness (QED) is 0.312. The lowest BCUT2D eigenvalue weighted by molar-refractivity contribution is 0.417. The Bertz CT molecular complexity index is 696. The monoisotopic (exact) mass is 443 g/mol. The molecule has 24 heavy (non-hydrogen) atoms. The van der Waals surface area contributed by atoms with Gasteiger partial charge in [-0.15, -0.1) is 24.0 Å². The van der Waals surface area contributed by atoms with Crippen LogP contribution in [0.2, 0.25) is 0 Å². The van der Waals surface area contributed by atoms with Gasteiger partial charge in [-0.25, -0.2) is 0 Å². The molecule has 2 rings (SSSR count). The Morgan fingerprint density at radius 3 is 2.67 bits per heavy atom. The summed E-state index contributed by atoms with van der Waals surface area (Å²) in [7, 11) is 3.60. The number of rotatable bonds is 6. The van der Waals surface area contributed by atoms with Crippen LogP contribution >= 0.6 is 24.0 Å². The summed E-state index contributed by atoms with van der Waals surface area (Å²) in [5.41, 5.74) is 10.4. The smallest absolute Gasteiger partial charge is 0.193 e. The molecule has 0 atom stereocenters. The van der Waals surface area contributed by atoms with E-state index in [0.717, 1.165) is 30.0 Å². The van der Waals surface area contributed by atoms with E-state index in [-0.39, 0.29) is 24.0 Å². The minimum absolute atomic E-state index is 0. The van der Waals surface area contributed by atoms with Gasteiger partial charge in [0.25, 0.3) is 0 Å². The summed E-state index contributed by atoms with van der Waals surface area (Å²) in [5.74, 6) is 1.14. The number of nitrogens with two attached hydrogens (primary N) is 1. The molecule has 6 nitrogen and oxygen atoms in total.